The van der Waals surface area contributed by atoms with Gasteiger partial charge >= 0.3 is 0 Å². The molecule has 1 amide bonds. The molecule has 1 rings (SSSR count). The number of hydrogen-bond acceptors (Lipinski definition) is 3. The maximum absolute atomic E-state index is 11.7. The van der Waals surface area contributed by atoms with Crippen LogP contribution in [0.2, 0.25) is 0 Å². The molecule has 1 fully saturated rings. The Hall–Kier alpha value is -0.620. The first-order valence-electron chi connectivity index (χ1n) is 5.58. The molecule has 1 aliphatic rings. The van der Waals surface area contributed by atoms with Gasteiger partial charge in [0.1, 0.15) is 0 Å². The zero-order valence-corrected chi connectivity index (χ0v) is 11.0. The monoisotopic (exact) mass is 248 g/mol. The SMILES string of the molecule is CC(C)S(=O)(=O)N(C)CC(=O)N1CCCC1. The average Bonchev–Trinajstić information content (AvgIpc) is 2.69. The molecular formula is C10H20N2O3S. The largest absolute Gasteiger partial charge is 0.342 e. The highest BCUT2D eigenvalue weighted by atomic mass is 32.2. The Kier molecular flexibility index (Phi) is 4.32. The molecular weight excluding hydrogens is 228 g/mol. The second-order valence-corrected chi connectivity index (χ2v) is 7.03. The van der Waals surface area contributed by atoms with E-state index < -0.39 is 15.3 Å². The summed E-state index contributed by atoms with van der Waals surface area (Å²) in [5.74, 6) is -0.0933. The fourth-order valence-electron chi connectivity index (χ4n) is 1.71. The number of sulfonamides is 1. The van der Waals surface area contributed by atoms with Gasteiger partial charge in [0.05, 0.1) is 11.8 Å². The van der Waals surface area contributed by atoms with Crippen LogP contribution in [0.5, 0.6) is 0 Å². The molecule has 0 bridgehead atoms. The summed E-state index contributed by atoms with van der Waals surface area (Å²) in [7, 11) is -1.85. The molecule has 0 unspecified atom stereocenters. The van der Waals surface area contributed by atoms with Gasteiger partial charge in [-0.15, -0.1) is 0 Å². The Labute approximate surface area is 97.5 Å². The van der Waals surface area contributed by atoms with Crippen molar-refractivity contribution in [2.45, 2.75) is 31.9 Å². The van der Waals surface area contributed by atoms with Crippen LogP contribution in [0, 0.1) is 0 Å². The number of carbonyl (C=O) groups excluding carboxylic acids is 1. The Bertz CT molecular complexity index is 345. The zero-order chi connectivity index (χ0) is 12.3. The Morgan fingerprint density at radius 3 is 2.25 bits per heavy atom. The Morgan fingerprint density at radius 2 is 1.81 bits per heavy atom. The van der Waals surface area contributed by atoms with Crippen LogP contribution in [0.1, 0.15) is 26.7 Å². The number of amides is 1. The van der Waals surface area contributed by atoms with E-state index in [-0.39, 0.29) is 12.5 Å². The van der Waals surface area contributed by atoms with Crippen LogP contribution < -0.4 is 0 Å². The lowest BCUT2D eigenvalue weighted by atomic mass is 10.4. The summed E-state index contributed by atoms with van der Waals surface area (Å²) in [6.45, 7) is 4.71. The van der Waals surface area contributed by atoms with Gasteiger partial charge in [-0.25, -0.2) is 8.42 Å². The summed E-state index contributed by atoms with van der Waals surface area (Å²) in [4.78, 5) is 13.5. The van der Waals surface area contributed by atoms with Crippen molar-refractivity contribution in [3.8, 4) is 0 Å². The summed E-state index contributed by atoms with van der Waals surface area (Å²) >= 11 is 0. The predicted octanol–water partition coefficient (Wildman–Crippen LogP) is 0.279. The van der Waals surface area contributed by atoms with Gasteiger partial charge < -0.3 is 4.90 Å². The molecule has 94 valence electrons. The predicted molar refractivity (Wildman–Crippen MR) is 62.5 cm³/mol. The maximum Gasteiger partial charge on any atom is 0.237 e. The van der Waals surface area contributed by atoms with E-state index in [1.165, 1.54) is 7.05 Å². The lowest BCUT2D eigenvalue weighted by Gasteiger charge is -2.22. The molecule has 0 aliphatic carbocycles. The molecule has 0 saturated carbocycles. The van der Waals surface area contributed by atoms with Gasteiger partial charge in [0, 0.05) is 20.1 Å². The van der Waals surface area contributed by atoms with Crippen LogP contribution in [0.15, 0.2) is 0 Å². The molecule has 0 aromatic heterocycles. The van der Waals surface area contributed by atoms with Crippen LogP contribution in [-0.4, -0.2) is 55.5 Å². The van der Waals surface area contributed by atoms with Crippen molar-refractivity contribution in [3.63, 3.8) is 0 Å². The molecule has 1 aliphatic heterocycles. The first-order chi connectivity index (χ1) is 7.35. The Morgan fingerprint density at radius 1 is 1.31 bits per heavy atom. The van der Waals surface area contributed by atoms with Gasteiger partial charge in [-0.3, -0.25) is 4.79 Å². The zero-order valence-electron chi connectivity index (χ0n) is 10.1. The smallest absolute Gasteiger partial charge is 0.237 e. The van der Waals surface area contributed by atoms with Crippen molar-refractivity contribution in [2.24, 2.45) is 0 Å². The first-order valence-corrected chi connectivity index (χ1v) is 7.09. The third kappa shape index (κ3) is 2.95. The number of nitrogens with zero attached hydrogens (tertiary/aromatic N) is 2. The highest BCUT2D eigenvalue weighted by Gasteiger charge is 2.26. The van der Waals surface area contributed by atoms with E-state index in [0.717, 1.165) is 30.2 Å². The lowest BCUT2D eigenvalue weighted by Crippen LogP contribution is -2.42. The summed E-state index contributed by atoms with van der Waals surface area (Å²) in [6, 6.07) is 0. The van der Waals surface area contributed by atoms with Gasteiger partial charge in [0.25, 0.3) is 0 Å². The van der Waals surface area contributed by atoms with Crippen molar-refractivity contribution in [1.82, 2.24) is 9.21 Å². The van der Waals surface area contributed by atoms with Crippen molar-refractivity contribution in [3.05, 3.63) is 0 Å². The van der Waals surface area contributed by atoms with Crippen LogP contribution in [0.3, 0.4) is 0 Å². The van der Waals surface area contributed by atoms with E-state index in [1.54, 1.807) is 18.7 Å². The molecule has 0 atom stereocenters. The minimum atomic E-state index is -3.32. The molecule has 0 N–H and O–H groups in total. The van der Waals surface area contributed by atoms with E-state index in [1.807, 2.05) is 0 Å². The number of carbonyl (C=O) groups is 1. The van der Waals surface area contributed by atoms with Crippen molar-refractivity contribution >= 4 is 15.9 Å². The third-order valence-corrected chi connectivity index (χ3v) is 5.04. The lowest BCUT2D eigenvalue weighted by molar-refractivity contribution is -0.130. The van der Waals surface area contributed by atoms with Gasteiger partial charge in [0.15, 0.2) is 0 Å². The van der Waals surface area contributed by atoms with Crippen molar-refractivity contribution in [2.75, 3.05) is 26.7 Å². The summed E-state index contributed by atoms with van der Waals surface area (Å²) in [6.07, 6.45) is 2.04. The maximum atomic E-state index is 11.7. The third-order valence-electron chi connectivity index (χ3n) is 2.85. The van der Waals surface area contributed by atoms with Gasteiger partial charge in [0.2, 0.25) is 15.9 Å². The van der Waals surface area contributed by atoms with Gasteiger partial charge in [-0.1, -0.05) is 0 Å². The van der Waals surface area contributed by atoms with E-state index in [2.05, 4.69) is 0 Å². The highest BCUT2D eigenvalue weighted by molar-refractivity contribution is 7.89. The standard InChI is InChI=1S/C10H20N2O3S/c1-9(2)16(14,15)11(3)8-10(13)12-6-4-5-7-12/h9H,4-8H2,1-3H3. The van der Waals surface area contributed by atoms with E-state index in [9.17, 15) is 13.2 Å². The molecule has 1 saturated heterocycles. The fraction of sp³-hybridized carbons (Fsp3) is 0.900. The van der Waals surface area contributed by atoms with Crippen molar-refractivity contribution in [1.29, 1.82) is 0 Å². The number of hydrogen-bond donors (Lipinski definition) is 0. The number of likely N-dealkylation sites (tertiary alicyclic amines) is 1. The fourth-order valence-corrected chi connectivity index (χ4v) is 2.72. The molecule has 0 spiro atoms. The normalized spacial score (nSPS) is 17.4. The topological polar surface area (TPSA) is 57.7 Å². The van der Waals surface area contributed by atoms with E-state index in [0.29, 0.717) is 0 Å². The highest BCUT2D eigenvalue weighted by Crippen LogP contribution is 2.10. The van der Waals surface area contributed by atoms with Gasteiger partial charge in [-0.2, -0.15) is 4.31 Å². The van der Waals surface area contributed by atoms with Crippen LogP contribution in [-0.2, 0) is 14.8 Å². The molecule has 5 nitrogen and oxygen atoms in total. The molecule has 0 aromatic rings. The quantitative estimate of drug-likeness (QED) is 0.718. The summed E-state index contributed by atoms with van der Waals surface area (Å²) in [5, 5.41) is -0.483. The second kappa shape index (κ2) is 5.14. The van der Waals surface area contributed by atoms with Gasteiger partial charge in [-0.05, 0) is 26.7 Å². The molecule has 0 radical (unpaired) electrons. The average molecular weight is 248 g/mol. The minimum Gasteiger partial charge on any atom is -0.342 e. The van der Waals surface area contributed by atoms with E-state index in [4.69, 9.17) is 0 Å². The second-order valence-electron chi connectivity index (χ2n) is 4.44. The van der Waals surface area contributed by atoms with Crippen LogP contribution in [0.4, 0.5) is 0 Å². The molecule has 1 heterocycles. The molecule has 6 heteroatoms. The number of rotatable bonds is 4. The summed E-state index contributed by atoms with van der Waals surface area (Å²) < 4.78 is 24.6. The molecule has 0 aromatic carbocycles. The van der Waals surface area contributed by atoms with Crippen LogP contribution >= 0.6 is 0 Å². The first kappa shape index (κ1) is 13.4. The minimum absolute atomic E-state index is 0.0412. The summed E-state index contributed by atoms with van der Waals surface area (Å²) in [5.41, 5.74) is 0. The Balaban J connectivity index is 2.57. The number of likely N-dealkylation sites (N-methyl/N-ethyl adjacent to an activating group) is 1. The van der Waals surface area contributed by atoms with Crippen LogP contribution in [0.25, 0.3) is 0 Å². The van der Waals surface area contributed by atoms with Crippen molar-refractivity contribution < 1.29 is 13.2 Å². The molecule has 16 heavy (non-hydrogen) atoms. The van der Waals surface area contributed by atoms with E-state index >= 15 is 0 Å².